The van der Waals surface area contributed by atoms with Crippen molar-refractivity contribution in [1.29, 1.82) is 0 Å². The van der Waals surface area contributed by atoms with Crippen molar-refractivity contribution in [3.8, 4) is 5.75 Å². The molecule has 0 saturated carbocycles. The molecule has 2 aliphatic heterocycles. The third-order valence-electron chi connectivity index (χ3n) is 5.48. The highest BCUT2D eigenvalue weighted by Gasteiger charge is 2.34. The van der Waals surface area contributed by atoms with Crippen molar-refractivity contribution in [2.24, 2.45) is 0 Å². The third-order valence-corrected chi connectivity index (χ3v) is 7.23. The number of ether oxygens (including phenoxy) is 1. The molecule has 3 rings (SSSR count). The lowest BCUT2D eigenvalue weighted by Gasteiger charge is -2.37. The van der Waals surface area contributed by atoms with Gasteiger partial charge in [0.2, 0.25) is 5.91 Å². The first-order valence-corrected chi connectivity index (χ1v) is 11.3. The fraction of sp³-hybridized carbons (Fsp3) is 0.632. The minimum Gasteiger partial charge on any atom is -0.497 e. The van der Waals surface area contributed by atoms with E-state index in [2.05, 4.69) is 21.9 Å². The Hall–Kier alpha value is -1.80. The molecule has 8 heteroatoms. The van der Waals surface area contributed by atoms with Gasteiger partial charge in [-0.2, -0.15) is 0 Å². The molecule has 0 aromatic heterocycles. The fourth-order valence-electron chi connectivity index (χ4n) is 3.90. The van der Waals surface area contributed by atoms with Gasteiger partial charge >= 0.3 is 0 Å². The number of carbonyl (C=O) groups excluding carboxylic acids is 1. The number of anilines is 1. The standard InChI is InChI=1S/C19H29N3O4S/c1-3-22(17-8-13-27(24,25)15-17)19(23)14-20-9-11-21(12-10-20)16-4-6-18(26-2)7-5-16/h4-7,17H,3,8-15H2,1-2H3. The van der Waals surface area contributed by atoms with Crippen LogP contribution in [-0.2, 0) is 14.6 Å². The van der Waals surface area contributed by atoms with Gasteiger partial charge in [0.25, 0.3) is 0 Å². The second-order valence-corrected chi connectivity index (χ2v) is 9.43. The van der Waals surface area contributed by atoms with Gasteiger partial charge in [0.15, 0.2) is 9.84 Å². The quantitative estimate of drug-likeness (QED) is 0.711. The van der Waals surface area contributed by atoms with Crippen LogP contribution < -0.4 is 9.64 Å². The molecule has 1 aromatic carbocycles. The number of methoxy groups -OCH3 is 1. The summed E-state index contributed by atoms with van der Waals surface area (Å²) in [4.78, 5) is 18.9. The Balaban J connectivity index is 1.51. The minimum atomic E-state index is -2.98. The van der Waals surface area contributed by atoms with Crippen LogP contribution in [0.2, 0.25) is 0 Å². The molecule has 2 fully saturated rings. The lowest BCUT2D eigenvalue weighted by molar-refractivity contribution is -0.134. The molecular formula is C19H29N3O4S. The molecule has 1 unspecified atom stereocenters. The summed E-state index contributed by atoms with van der Waals surface area (Å²) in [5.41, 5.74) is 1.16. The van der Waals surface area contributed by atoms with E-state index in [0.717, 1.165) is 37.6 Å². The number of carbonyl (C=O) groups is 1. The van der Waals surface area contributed by atoms with E-state index in [1.807, 2.05) is 19.1 Å². The average molecular weight is 396 g/mol. The topological polar surface area (TPSA) is 70.2 Å². The monoisotopic (exact) mass is 395 g/mol. The van der Waals surface area contributed by atoms with Crippen molar-refractivity contribution in [2.75, 3.05) is 62.8 Å². The third kappa shape index (κ3) is 4.93. The van der Waals surface area contributed by atoms with Crippen molar-refractivity contribution in [3.05, 3.63) is 24.3 Å². The van der Waals surface area contributed by atoms with Gasteiger partial charge < -0.3 is 14.5 Å². The van der Waals surface area contributed by atoms with E-state index in [0.29, 0.717) is 19.5 Å². The molecule has 1 atom stereocenters. The Morgan fingerprint density at radius 1 is 1.19 bits per heavy atom. The highest BCUT2D eigenvalue weighted by atomic mass is 32.2. The molecule has 27 heavy (non-hydrogen) atoms. The molecule has 7 nitrogen and oxygen atoms in total. The van der Waals surface area contributed by atoms with E-state index in [1.54, 1.807) is 12.0 Å². The maximum absolute atomic E-state index is 12.7. The first-order valence-electron chi connectivity index (χ1n) is 9.53. The molecule has 0 N–H and O–H groups in total. The van der Waals surface area contributed by atoms with E-state index < -0.39 is 9.84 Å². The zero-order valence-corrected chi connectivity index (χ0v) is 17.0. The smallest absolute Gasteiger partial charge is 0.237 e. The summed E-state index contributed by atoms with van der Waals surface area (Å²) in [6.45, 7) is 6.21. The zero-order chi connectivity index (χ0) is 19.4. The van der Waals surface area contributed by atoms with Crippen LogP contribution in [0.4, 0.5) is 5.69 Å². The van der Waals surface area contributed by atoms with E-state index in [1.165, 1.54) is 0 Å². The van der Waals surface area contributed by atoms with Crippen LogP contribution in [0.1, 0.15) is 13.3 Å². The number of benzene rings is 1. The second kappa shape index (κ2) is 8.48. The van der Waals surface area contributed by atoms with Gasteiger partial charge in [-0.05, 0) is 37.6 Å². The van der Waals surface area contributed by atoms with Gasteiger partial charge in [-0.15, -0.1) is 0 Å². The largest absolute Gasteiger partial charge is 0.497 e. The number of rotatable bonds is 6. The lowest BCUT2D eigenvalue weighted by atomic mass is 10.2. The van der Waals surface area contributed by atoms with Crippen LogP contribution in [0.15, 0.2) is 24.3 Å². The predicted octanol–water partition coefficient (Wildman–Crippen LogP) is 0.853. The Morgan fingerprint density at radius 3 is 2.37 bits per heavy atom. The first kappa shape index (κ1) is 19.9. The average Bonchev–Trinajstić information content (AvgIpc) is 3.02. The summed E-state index contributed by atoms with van der Waals surface area (Å²) >= 11 is 0. The second-order valence-electron chi connectivity index (χ2n) is 7.20. The minimum absolute atomic E-state index is 0.0393. The Labute approximate surface area is 161 Å². The van der Waals surface area contributed by atoms with Crippen LogP contribution >= 0.6 is 0 Å². The van der Waals surface area contributed by atoms with Gasteiger partial charge in [-0.25, -0.2) is 8.42 Å². The molecule has 0 radical (unpaired) electrons. The molecule has 2 saturated heterocycles. The number of hydrogen-bond acceptors (Lipinski definition) is 6. The van der Waals surface area contributed by atoms with E-state index in [9.17, 15) is 13.2 Å². The maximum Gasteiger partial charge on any atom is 0.237 e. The first-order chi connectivity index (χ1) is 12.9. The van der Waals surface area contributed by atoms with Crippen molar-refractivity contribution >= 4 is 21.4 Å². The van der Waals surface area contributed by atoms with Crippen LogP contribution in [-0.4, -0.2) is 88.1 Å². The van der Waals surface area contributed by atoms with Crippen molar-refractivity contribution in [3.63, 3.8) is 0 Å². The molecule has 1 aromatic rings. The van der Waals surface area contributed by atoms with Crippen LogP contribution in [0.5, 0.6) is 5.75 Å². The molecule has 150 valence electrons. The number of amides is 1. The van der Waals surface area contributed by atoms with E-state index >= 15 is 0 Å². The van der Waals surface area contributed by atoms with Crippen LogP contribution in [0, 0.1) is 0 Å². The molecule has 0 bridgehead atoms. The van der Waals surface area contributed by atoms with Crippen molar-refractivity contribution < 1.29 is 17.9 Å². The Kier molecular flexibility index (Phi) is 6.26. The van der Waals surface area contributed by atoms with Crippen LogP contribution in [0.3, 0.4) is 0 Å². The molecular weight excluding hydrogens is 366 g/mol. The SMILES string of the molecule is CCN(C(=O)CN1CCN(c2ccc(OC)cc2)CC1)C1CCS(=O)(=O)C1. The Bertz CT molecular complexity index is 743. The van der Waals surface area contributed by atoms with E-state index in [4.69, 9.17) is 4.74 Å². The highest BCUT2D eigenvalue weighted by Crippen LogP contribution is 2.21. The van der Waals surface area contributed by atoms with Gasteiger partial charge in [-0.1, -0.05) is 0 Å². The summed E-state index contributed by atoms with van der Waals surface area (Å²) in [7, 11) is -1.33. The summed E-state index contributed by atoms with van der Waals surface area (Å²) in [5, 5.41) is 0. The maximum atomic E-state index is 12.7. The number of sulfone groups is 1. The normalized spacial score (nSPS) is 22.6. The molecule has 1 amide bonds. The van der Waals surface area contributed by atoms with Gasteiger partial charge in [0.1, 0.15) is 5.75 Å². The number of nitrogens with zero attached hydrogens (tertiary/aromatic N) is 3. The van der Waals surface area contributed by atoms with Crippen LogP contribution in [0.25, 0.3) is 0 Å². The summed E-state index contributed by atoms with van der Waals surface area (Å²) in [6, 6.07) is 7.87. The molecule has 0 spiro atoms. The number of hydrogen-bond donors (Lipinski definition) is 0. The molecule has 2 aliphatic rings. The zero-order valence-electron chi connectivity index (χ0n) is 16.1. The fourth-order valence-corrected chi connectivity index (χ4v) is 5.63. The molecule has 2 heterocycles. The van der Waals surface area contributed by atoms with Gasteiger partial charge in [0.05, 0.1) is 25.2 Å². The van der Waals surface area contributed by atoms with E-state index in [-0.39, 0.29) is 23.5 Å². The number of piperazine rings is 1. The lowest BCUT2D eigenvalue weighted by Crippen LogP contribution is -2.51. The predicted molar refractivity (Wildman–Crippen MR) is 106 cm³/mol. The summed E-state index contributed by atoms with van der Waals surface area (Å²) < 4.78 is 28.6. The van der Waals surface area contributed by atoms with Gasteiger partial charge in [0, 0.05) is 44.5 Å². The van der Waals surface area contributed by atoms with Crippen molar-refractivity contribution in [2.45, 2.75) is 19.4 Å². The van der Waals surface area contributed by atoms with Crippen molar-refractivity contribution in [1.82, 2.24) is 9.80 Å². The summed E-state index contributed by atoms with van der Waals surface area (Å²) in [6.07, 6.45) is 0.563. The van der Waals surface area contributed by atoms with Gasteiger partial charge in [-0.3, -0.25) is 9.69 Å². The highest BCUT2D eigenvalue weighted by molar-refractivity contribution is 7.91. The number of likely N-dealkylation sites (N-methyl/N-ethyl adjacent to an activating group) is 1. The Morgan fingerprint density at radius 2 is 1.85 bits per heavy atom. The molecule has 0 aliphatic carbocycles. The summed E-state index contributed by atoms with van der Waals surface area (Å²) in [5.74, 6) is 1.19.